The molecule has 40 heavy (non-hydrogen) atoms. The van der Waals surface area contributed by atoms with E-state index >= 15 is 0 Å². The van der Waals surface area contributed by atoms with Crippen LogP contribution in [0.3, 0.4) is 0 Å². The van der Waals surface area contributed by atoms with Crippen molar-refractivity contribution in [2.45, 2.75) is 6.54 Å². The zero-order valence-corrected chi connectivity index (χ0v) is 22.4. The zero-order chi connectivity index (χ0) is 27.6. The molecule has 0 saturated carbocycles. The Bertz CT molecular complexity index is 1520. The highest BCUT2D eigenvalue weighted by Gasteiger charge is 2.30. The largest absolute Gasteiger partial charge is 0.465 e. The summed E-state index contributed by atoms with van der Waals surface area (Å²) in [7, 11) is 3.48. The Kier molecular flexibility index (Phi) is 6.98. The lowest BCUT2D eigenvalue weighted by Crippen LogP contribution is -2.43. The van der Waals surface area contributed by atoms with Gasteiger partial charge in [0.1, 0.15) is 12.5 Å². The molecule has 9 nitrogen and oxygen atoms in total. The molecule has 2 N–H and O–H groups in total. The summed E-state index contributed by atoms with van der Waals surface area (Å²) in [5.74, 6) is 0.385. The summed E-state index contributed by atoms with van der Waals surface area (Å²) in [6, 6.07) is 18.9. The van der Waals surface area contributed by atoms with Crippen molar-refractivity contribution < 1.29 is 23.8 Å². The third-order valence-electron chi connectivity index (χ3n) is 7.34. The number of carbonyl (C=O) groups excluding carboxylic acids is 2. The van der Waals surface area contributed by atoms with Gasteiger partial charge in [0.2, 0.25) is 0 Å². The molecule has 0 unspecified atom stereocenters. The molecule has 3 aromatic carbocycles. The number of carbonyl (C=O) groups is 2. The first-order valence-corrected chi connectivity index (χ1v) is 13.2. The Morgan fingerprint density at radius 1 is 0.925 bits per heavy atom. The lowest BCUT2D eigenvalue weighted by Gasteiger charge is -2.32. The van der Waals surface area contributed by atoms with E-state index < -0.39 is 5.97 Å². The summed E-state index contributed by atoms with van der Waals surface area (Å²) >= 11 is 0. The Labute approximate surface area is 232 Å². The van der Waals surface area contributed by atoms with Crippen molar-refractivity contribution in [1.82, 2.24) is 9.80 Å². The molecule has 3 aliphatic heterocycles. The molecule has 9 heteroatoms. The minimum Gasteiger partial charge on any atom is -0.465 e. The second-order valence-electron chi connectivity index (χ2n) is 10.0. The smallest absolute Gasteiger partial charge is 0.337 e. The first kappa shape index (κ1) is 25.7. The van der Waals surface area contributed by atoms with Crippen molar-refractivity contribution in [1.29, 1.82) is 0 Å². The molecule has 0 spiro atoms. The predicted molar refractivity (Wildman–Crippen MR) is 153 cm³/mol. The third kappa shape index (κ3) is 5.16. The fraction of sp³-hybridized carbons (Fsp3) is 0.226. The minimum atomic E-state index is -0.468. The molecule has 0 radical (unpaired) electrons. The Hall–Kier alpha value is -4.60. The maximum absolute atomic E-state index is 13.4. The highest BCUT2D eigenvalue weighted by Crippen LogP contribution is 2.40. The van der Waals surface area contributed by atoms with Gasteiger partial charge in [-0.15, -0.1) is 0 Å². The Morgan fingerprint density at radius 3 is 2.40 bits per heavy atom. The van der Waals surface area contributed by atoms with Gasteiger partial charge in [0.25, 0.3) is 5.91 Å². The van der Waals surface area contributed by atoms with Gasteiger partial charge in [-0.2, -0.15) is 0 Å². The summed E-state index contributed by atoms with van der Waals surface area (Å²) < 4.78 is 16.0. The number of methoxy groups -OCH3 is 1. The number of ether oxygens (including phenoxy) is 3. The number of piperazine rings is 1. The molecular formula is C31H30N4O5. The molecule has 1 amide bonds. The maximum atomic E-state index is 13.4. The van der Waals surface area contributed by atoms with Crippen LogP contribution in [0.4, 0.5) is 11.4 Å². The Balaban J connectivity index is 1.35. The van der Waals surface area contributed by atoms with Gasteiger partial charge >= 0.3 is 5.97 Å². The lowest BCUT2D eigenvalue weighted by molar-refractivity contribution is -0.110. The average molecular weight is 539 g/mol. The number of hydrogen-bond donors (Lipinski definition) is 2. The number of amides is 1. The number of anilines is 2. The van der Waals surface area contributed by atoms with E-state index in [4.69, 9.17) is 14.2 Å². The van der Waals surface area contributed by atoms with Crippen LogP contribution in [-0.4, -0.2) is 62.0 Å². The van der Waals surface area contributed by atoms with Gasteiger partial charge in [-0.25, -0.2) is 4.79 Å². The second-order valence-corrected chi connectivity index (χ2v) is 10.0. The van der Waals surface area contributed by atoms with Crippen LogP contribution in [0.5, 0.6) is 11.5 Å². The predicted octanol–water partition coefficient (Wildman–Crippen LogP) is 4.40. The van der Waals surface area contributed by atoms with Crippen LogP contribution in [-0.2, 0) is 16.1 Å². The van der Waals surface area contributed by atoms with Crippen molar-refractivity contribution in [3.8, 4) is 11.5 Å². The summed E-state index contributed by atoms with van der Waals surface area (Å²) in [5.41, 5.74) is 5.47. The molecule has 3 heterocycles. The van der Waals surface area contributed by atoms with Crippen LogP contribution in [0.25, 0.3) is 11.3 Å². The molecule has 3 aromatic rings. The quantitative estimate of drug-likeness (QED) is 0.353. The van der Waals surface area contributed by atoms with Crippen molar-refractivity contribution in [3.63, 3.8) is 0 Å². The van der Waals surface area contributed by atoms with Gasteiger partial charge in [0.05, 0.1) is 29.6 Å². The van der Waals surface area contributed by atoms with Crippen LogP contribution in [0.1, 0.15) is 27.0 Å². The first-order valence-electron chi connectivity index (χ1n) is 13.2. The highest BCUT2D eigenvalue weighted by molar-refractivity contribution is 6.37. The van der Waals surface area contributed by atoms with Crippen LogP contribution >= 0.6 is 0 Å². The van der Waals surface area contributed by atoms with Crippen molar-refractivity contribution in [3.05, 3.63) is 95.4 Å². The molecule has 0 aliphatic carbocycles. The standard InChI is InChI=1S/C31H30N4O5/c1-34-11-13-35(14-12-34)19-20-3-7-23(8-4-20)32-29(21-6-10-26-27(18-21)40-16-15-39-26)28-24-9-5-22(31(37)38-2)17-25(24)33-30(28)36/h3-10,15-18,32H,11-14,19H2,1-2H3,(H,33,36)/b29-28-. The summed E-state index contributed by atoms with van der Waals surface area (Å²) in [6.07, 6.45) is 2.94. The van der Waals surface area contributed by atoms with E-state index in [1.807, 2.05) is 30.3 Å². The van der Waals surface area contributed by atoms with Crippen LogP contribution in [0.15, 0.2) is 73.2 Å². The number of esters is 1. The molecule has 1 saturated heterocycles. The highest BCUT2D eigenvalue weighted by atomic mass is 16.5. The fourth-order valence-corrected chi connectivity index (χ4v) is 5.10. The van der Waals surface area contributed by atoms with Gasteiger partial charge < -0.3 is 29.7 Å². The maximum Gasteiger partial charge on any atom is 0.337 e. The molecule has 3 aliphatic rings. The second kappa shape index (κ2) is 10.9. The van der Waals surface area contributed by atoms with E-state index in [2.05, 4.69) is 39.6 Å². The topological polar surface area (TPSA) is 92.4 Å². The summed E-state index contributed by atoms with van der Waals surface area (Å²) in [6.45, 7) is 5.16. The van der Waals surface area contributed by atoms with Crippen molar-refractivity contribution in [2.75, 3.05) is 51.0 Å². The third-order valence-corrected chi connectivity index (χ3v) is 7.34. The molecule has 6 rings (SSSR count). The normalized spacial score (nSPS) is 17.7. The fourth-order valence-electron chi connectivity index (χ4n) is 5.10. The van der Waals surface area contributed by atoms with Crippen molar-refractivity contribution in [2.24, 2.45) is 0 Å². The van der Waals surface area contributed by atoms with E-state index in [1.165, 1.54) is 25.2 Å². The number of fused-ring (bicyclic) bond motifs is 2. The molecule has 0 atom stereocenters. The van der Waals surface area contributed by atoms with E-state index in [9.17, 15) is 9.59 Å². The molecule has 1 fully saturated rings. The lowest BCUT2D eigenvalue weighted by atomic mass is 9.98. The zero-order valence-electron chi connectivity index (χ0n) is 22.4. The number of nitrogens with zero attached hydrogens (tertiary/aromatic N) is 2. The van der Waals surface area contributed by atoms with E-state index in [0.717, 1.165) is 44.0 Å². The van der Waals surface area contributed by atoms with Gasteiger partial charge in [0, 0.05) is 49.5 Å². The number of benzene rings is 3. The van der Waals surface area contributed by atoms with Gasteiger partial charge in [0.15, 0.2) is 11.5 Å². The van der Waals surface area contributed by atoms with Crippen LogP contribution in [0, 0.1) is 0 Å². The number of nitrogens with one attached hydrogen (secondary N) is 2. The Morgan fingerprint density at radius 2 is 1.65 bits per heavy atom. The summed E-state index contributed by atoms with van der Waals surface area (Å²) in [5, 5.41) is 6.40. The molecule has 204 valence electrons. The van der Waals surface area contributed by atoms with E-state index in [-0.39, 0.29) is 5.91 Å². The number of rotatable bonds is 6. The first-order chi connectivity index (χ1) is 19.5. The molecule has 0 bridgehead atoms. The van der Waals surface area contributed by atoms with Crippen LogP contribution in [0.2, 0.25) is 0 Å². The minimum absolute atomic E-state index is 0.277. The van der Waals surface area contributed by atoms with E-state index in [1.54, 1.807) is 18.2 Å². The molecule has 0 aromatic heterocycles. The van der Waals surface area contributed by atoms with Crippen molar-refractivity contribution >= 4 is 34.5 Å². The average Bonchev–Trinajstić information content (AvgIpc) is 3.31. The van der Waals surface area contributed by atoms with Crippen LogP contribution < -0.4 is 20.1 Å². The number of likely N-dealkylation sites (N-methyl/N-ethyl adjacent to an activating group) is 1. The SMILES string of the molecule is COC(=O)c1ccc2c(c1)NC(=O)/C2=C(\Nc1ccc(CN2CCN(C)CC2)cc1)c1ccc2c(c1)OC=CO2. The summed E-state index contributed by atoms with van der Waals surface area (Å²) in [4.78, 5) is 30.3. The van der Waals surface area contributed by atoms with Gasteiger partial charge in [-0.3, -0.25) is 9.69 Å². The van der Waals surface area contributed by atoms with E-state index in [0.29, 0.717) is 39.6 Å². The monoisotopic (exact) mass is 538 g/mol. The molecular weight excluding hydrogens is 508 g/mol. The van der Waals surface area contributed by atoms with Gasteiger partial charge in [-0.1, -0.05) is 18.2 Å². The van der Waals surface area contributed by atoms with Gasteiger partial charge in [-0.05, 0) is 55.1 Å². The number of hydrogen-bond acceptors (Lipinski definition) is 8.